The summed E-state index contributed by atoms with van der Waals surface area (Å²) in [5, 5.41) is 11.6. The molecule has 1 aliphatic carbocycles. The summed E-state index contributed by atoms with van der Waals surface area (Å²) < 4.78 is 4.91. The van der Waals surface area contributed by atoms with Crippen LogP contribution in [0.2, 0.25) is 0 Å². The van der Waals surface area contributed by atoms with Gasteiger partial charge in [0.15, 0.2) is 0 Å². The summed E-state index contributed by atoms with van der Waals surface area (Å²) in [5.41, 5.74) is 0.792. The second-order valence-corrected chi connectivity index (χ2v) is 3.19. The first-order chi connectivity index (χ1) is 6.27. The summed E-state index contributed by atoms with van der Waals surface area (Å²) in [6.07, 6.45) is 2.91. The van der Waals surface area contributed by atoms with E-state index < -0.39 is 0 Å². The number of hydrogen-bond donors (Lipinski definition) is 1. The van der Waals surface area contributed by atoms with Gasteiger partial charge in [0.25, 0.3) is 0 Å². The molecule has 1 rings (SSSR count). The summed E-state index contributed by atoms with van der Waals surface area (Å²) in [6.45, 7) is 2.25. The van der Waals surface area contributed by atoms with Gasteiger partial charge < -0.3 is 9.94 Å². The third-order valence-corrected chi connectivity index (χ3v) is 2.32. The lowest BCUT2D eigenvalue weighted by atomic mass is 9.88. The molecule has 0 saturated heterocycles. The Kier molecular flexibility index (Phi) is 3.73. The smallest absolute Gasteiger partial charge is 0.308 e. The minimum Gasteiger partial charge on any atom is -0.466 e. The van der Waals surface area contributed by atoms with Crippen molar-refractivity contribution in [3.8, 4) is 0 Å². The minimum atomic E-state index is -0.112. The Hall–Kier alpha value is -1.06. The maximum Gasteiger partial charge on any atom is 0.308 e. The van der Waals surface area contributed by atoms with Crippen molar-refractivity contribution < 1.29 is 14.7 Å². The van der Waals surface area contributed by atoms with Crippen LogP contribution < -0.4 is 0 Å². The fraction of sp³-hybridized carbons (Fsp3) is 0.778. The normalized spacial score (nSPS) is 22.5. The zero-order valence-electron chi connectivity index (χ0n) is 7.82. The molecule has 0 aromatic carbocycles. The molecule has 0 spiro atoms. The predicted molar refractivity (Wildman–Crippen MR) is 47.8 cm³/mol. The van der Waals surface area contributed by atoms with E-state index in [0.717, 1.165) is 18.6 Å². The summed E-state index contributed by atoms with van der Waals surface area (Å²) in [4.78, 5) is 11.3. The van der Waals surface area contributed by atoms with Crippen molar-refractivity contribution in [2.24, 2.45) is 11.1 Å². The molecule has 1 fully saturated rings. The van der Waals surface area contributed by atoms with Crippen LogP contribution >= 0.6 is 0 Å². The number of carbonyl (C=O) groups excluding carboxylic acids is 1. The SMILES string of the molecule is CCOC(=O)C1CCC(=NO)CC1. The zero-order chi connectivity index (χ0) is 9.68. The highest BCUT2D eigenvalue weighted by atomic mass is 16.5. The quantitative estimate of drug-likeness (QED) is 0.403. The van der Waals surface area contributed by atoms with E-state index in [0.29, 0.717) is 19.4 Å². The fourth-order valence-electron chi connectivity index (χ4n) is 1.55. The van der Waals surface area contributed by atoms with Gasteiger partial charge in [0.05, 0.1) is 18.2 Å². The summed E-state index contributed by atoms with van der Waals surface area (Å²) in [6, 6.07) is 0. The zero-order valence-corrected chi connectivity index (χ0v) is 7.82. The Bertz CT molecular complexity index is 203. The van der Waals surface area contributed by atoms with E-state index in [-0.39, 0.29) is 11.9 Å². The Balaban J connectivity index is 2.36. The number of oxime groups is 1. The van der Waals surface area contributed by atoms with Crippen molar-refractivity contribution >= 4 is 11.7 Å². The molecule has 0 atom stereocenters. The van der Waals surface area contributed by atoms with Crippen LogP contribution in [0.1, 0.15) is 32.6 Å². The summed E-state index contributed by atoms with van der Waals surface area (Å²) in [5.74, 6) is -0.107. The van der Waals surface area contributed by atoms with Crippen molar-refractivity contribution in [2.45, 2.75) is 32.6 Å². The van der Waals surface area contributed by atoms with Gasteiger partial charge in [-0.05, 0) is 32.6 Å². The third-order valence-electron chi connectivity index (χ3n) is 2.32. The van der Waals surface area contributed by atoms with Crippen LogP contribution in [0, 0.1) is 5.92 Å². The lowest BCUT2D eigenvalue weighted by Gasteiger charge is -2.20. The van der Waals surface area contributed by atoms with Crippen LogP contribution in [0.3, 0.4) is 0 Å². The standard InChI is InChI=1S/C9H15NO3/c1-2-13-9(11)7-3-5-8(10-12)6-4-7/h7,12H,2-6H2,1H3. The first kappa shape index (κ1) is 10.0. The lowest BCUT2D eigenvalue weighted by Crippen LogP contribution is -2.23. The molecule has 0 amide bonds. The van der Waals surface area contributed by atoms with Gasteiger partial charge in [0.1, 0.15) is 0 Å². The first-order valence-electron chi connectivity index (χ1n) is 4.64. The second kappa shape index (κ2) is 4.84. The Morgan fingerprint density at radius 1 is 1.62 bits per heavy atom. The van der Waals surface area contributed by atoms with Crippen LogP contribution in [0.15, 0.2) is 5.16 Å². The Morgan fingerprint density at radius 2 is 2.23 bits per heavy atom. The van der Waals surface area contributed by atoms with E-state index in [2.05, 4.69) is 5.16 Å². The van der Waals surface area contributed by atoms with Gasteiger partial charge in [-0.3, -0.25) is 4.79 Å². The van der Waals surface area contributed by atoms with Gasteiger partial charge >= 0.3 is 5.97 Å². The molecule has 4 nitrogen and oxygen atoms in total. The third kappa shape index (κ3) is 2.72. The molecule has 0 unspecified atom stereocenters. The lowest BCUT2D eigenvalue weighted by molar-refractivity contribution is -0.148. The van der Waals surface area contributed by atoms with Gasteiger partial charge in [-0.25, -0.2) is 0 Å². The molecule has 0 aromatic rings. The van der Waals surface area contributed by atoms with Crippen molar-refractivity contribution in [3.05, 3.63) is 0 Å². The molecule has 0 bridgehead atoms. The predicted octanol–water partition coefficient (Wildman–Crippen LogP) is 1.57. The van der Waals surface area contributed by atoms with Gasteiger partial charge in [-0.15, -0.1) is 0 Å². The van der Waals surface area contributed by atoms with Gasteiger partial charge in [-0.2, -0.15) is 0 Å². The molecule has 74 valence electrons. The van der Waals surface area contributed by atoms with Crippen molar-refractivity contribution in [1.82, 2.24) is 0 Å². The number of ether oxygens (including phenoxy) is 1. The number of hydrogen-bond acceptors (Lipinski definition) is 4. The fourth-order valence-corrected chi connectivity index (χ4v) is 1.55. The molecule has 4 heteroatoms. The van der Waals surface area contributed by atoms with E-state index >= 15 is 0 Å². The number of carbonyl (C=O) groups is 1. The van der Waals surface area contributed by atoms with Crippen molar-refractivity contribution in [3.63, 3.8) is 0 Å². The van der Waals surface area contributed by atoms with Crippen LogP contribution in [0.25, 0.3) is 0 Å². The van der Waals surface area contributed by atoms with E-state index in [9.17, 15) is 4.79 Å². The maximum atomic E-state index is 11.3. The highest BCUT2D eigenvalue weighted by molar-refractivity contribution is 5.86. The Labute approximate surface area is 77.6 Å². The van der Waals surface area contributed by atoms with Crippen molar-refractivity contribution in [1.29, 1.82) is 0 Å². The molecule has 1 aliphatic rings. The van der Waals surface area contributed by atoms with Crippen LogP contribution in [-0.2, 0) is 9.53 Å². The molecule has 1 N–H and O–H groups in total. The average Bonchev–Trinajstić information content (AvgIpc) is 2.18. The summed E-state index contributed by atoms with van der Waals surface area (Å²) >= 11 is 0. The first-order valence-corrected chi connectivity index (χ1v) is 4.64. The molecule has 0 radical (unpaired) electrons. The highest BCUT2D eigenvalue weighted by Crippen LogP contribution is 2.23. The van der Waals surface area contributed by atoms with Crippen LogP contribution in [-0.4, -0.2) is 23.5 Å². The van der Waals surface area contributed by atoms with E-state index in [4.69, 9.17) is 9.94 Å². The molecular formula is C9H15NO3. The molecule has 13 heavy (non-hydrogen) atoms. The second-order valence-electron chi connectivity index (χ2n) is 3.19. The largest absolute Gasteiger partial charge is 0.466 e. The molecule has 0 aliphatic heterocycles. The van der Waals surface area contributed by atoms with Crippen molar-refractivity contribution in [2.75, 3.05) is 6.61 Å². The topological polar surface area (TPSA) is 58.9 Å². The highest BCUT2D eigenvalue weighted by Gasteiger charge is 2.24. The van der Waals surface area contributed by atoms with E-state index in [1.165, 1.54) is 0 Å². The van der Waals surface area contributed by atoms with E-state index in [1.54, 1.807) is 6.92 Å². The van der Waals surface area contributed by atoms with Gasteiger partial charge in [-0.1, -0.05) is 5.16 Å². The molecular weight excluding hydrogens is 170 g/mol. The van der Waals surface area contributed by atoms with Crippen LogP contribution in [0.4, 0.5) is 0 Å². The van der Waals surface area contributed by atoms with E-state index in [1.807, 2.05) is 0 Å². The van der Waals surface area contributed by atoms with Crippen LogP contribution in [0.5, 0.6) is 0 Å². The minimum absolute atomic E-state index is 0.00505. The maximum absolute atomic E-state index is 11.3. The number of nitrogens with zero attached hydrogens (tertiary/aromatic N) is 1. The number of rotatable bonds is 2. The van der Waals surface area contributed by atoms with Gasteiger partial charge in [0.2, 0.25) is 0 Å². The van der Waals surface area contributed by atoms with Gasteiger partial charge in [0, 0.05) is 0 Å². The summed E-state index contributed by atoms with van der Waals surface area (Å²) in [7, 11) is 0. The Morgan fingerprint density at radius 3 is 2.69 bits per heavy atom. The number of esters is 1. The monoisotopic (exact) mass is 185 g/mol. The molecule has 1 saturated carbocycles. The average molecular weight is 185 g/mol. The molecule has 0 heterocycles. The molecule has 0 aromatic heterocycles.